The highest BCUT2D eigenvalue weighted by Crippen LogP contribution is 2.22. The van der Waals surface area contributed by atoms with Gasteiger partial charge in [0.05, 0.1) is 18.6 Å². The van der Waals surface area contributed by atoms with E-state index in [1.807, 2.05) is 29.0 Å². The van der Waals surface area contributed by atoms with Crippen molar-refractivity contribution < 1.29 is 14.3 Å². The molecule has 0 saturated carbocycles. The minimum Gasteiger partial charge on any atom is -0.468 e. The fourth-order valence-electron chi connectivity index (χ4n) is 1.63. The number of aliphatic hydroxyl groups is 1. The molecular weight excluding hydrogens is 306 g/mol. The average molecular weight is 323 g/mol. The molecule has 0 aliphatic rings. The Labute approximate surface area is 131 Å². The zero-order valence-corrected chi connectivity index (χ0v) is 13.2. The van der Waals surface area contributed by atoms with E-state index >= 15 is 0 Å². The molecule has 0 aliphatic carbocycles. The Balaban J connectivity index is 1.72. The highest BCUT2D eigenvalue weighted by molar-refractivity contribution is 8.01. The van der Waals surface area contributed by atoms with E-state index in [4.69, 9.17) is 4.42 Å². The van der Waals surface area contributed by atoms with Crippen molar-refractivity contribution in [2.45, 2.75) is 18.3 Å². The van der Waals surface area contributed by atoms with E-state index in [0.717, 1.165) is 11.3 Å². The lowest BCUT2D eigenvalue weighted by Gasteiger charge is -2.22. The molecule has 2 aromatic rings. The third-order valence-corrected chi connectivity index (χ3v) is 4.33. The quantitative estimate of drug-likeness (QED) is 0.769. The SMILES string of the molecule is CC(O)(CNC(=O)C=CSCc1ccco1)c1ccsc1. The Kier molecular flexibility index (Phi) is 5.67. The molecule has 2 N–H and O–H groups in total. The molecule has 4 nitrogen and oxygen atoms in total. The van der Waals surface area contributed by atoms with Crippen molar-refractivity contribution in [3.8, 4) is 0 Å². The van der Waals surface area contributed by atoms with Gasteiger partial charge in [0, 0.05) is 6.08 Å². The number of thiophene rings is 1. The first-order valence-electron chi connectivity index (χ1n) is 6.41. The van der Waals surface area contributed by atoms with Gasteiger partial charge in [-0.1, -0.05) is 0 Å². The molecule has 0 bridgehead atoms. The standard InChI is InChI=1S/C15H17NO3S2/c1-15(18,12-4-7-20-9-12)11-16-14(17)5-8-21-10-13-3-2-6-19-13/h2-9,18H,10-11H2,1H3,(H,16,17). The van der Waals surface area contributed by atoms with E-state index in [-0.39, 0.29) is 12.5 Å². The number of carbonyl (C=O) groups excluding carboxylic acids is 1. The average Bonchev–Trinajstić information content (AvgIpc) is 3.14. The molecule has 112 valence electrons. The van der Waals surface area contributed by atoms with Crippen molar-refractivity contribution in [2.24, 2.45) is 0 Å². The zero-order valence-electron chi connectivity index (χ0n) is 11.6. The van der Waals surface area contributed by atoms with Crippen LogP contribution in [0.2, 0.25) is 0 Å². The smallest absolute Gasteiger partial charge is 0.244 e. The van der Waals surface area contributed by atoms with Crippen LogP contribution in [0.1, 0.15) is 18.2 Å². The molecule has 0 radical (unpaired) electrons. The maximum Gasteiger partial charge on any atom is 0.244 e. The van der Waals surface area contributed by atoms with Gasteiger partial charge in [0.25, 0.3) is 0 Å². The number of thioether (sulfide) groups is 1. The van der Waals surface area contributed by atoms with Crippen LogP contribution in [0.5, 0.6) is 0 Å². The van der Waals surface area contributed by atoms with Gasteiger partial charge in [0.1, 0.15) is 11.4 Å². The molecule has 0 aliphatic heterocycles. The molecule has 0 fully saturated rings. The predicted molar refractivity (Wildman–Crippen MR) is 86.0 cm³/mol. The molecule has 6 heteroatoms. The lowest BCUT2D eigenvalue weighted by Crippen LogP contribution is -2.37. The van der Waals surface area contributed by atoms with Gasteiger partial charge in [0.15, 0.2) is 0 Å². The molecule has 1 amide bonds. The maximum atomic E-state index is 11.7. The number of furan rings is 1. The molecule has 2 rings (SSSR count). The van der Waals surface area contributed by atoms with Crippen LogP contribution in [0.25, 0.3) is 0 Å². The summed E-state index contributed by atoms with van der Waals surface area (Å²) in [5, 5.41) is 18.5. The number of amides is 1. The van der Waals surface area contributed by atoms with Crippen LogP contribution in [-0.2, 0) is 16.1 Å². The third-order valence-electron chi connectivity index (χ3n) is 2.87. The maximum absolute atomic E-state index is 11.7. The Hall–Kier alpha value is -1.50. The second-order valence-corrected chi connectivity index (χ2v) is 6.37. The lowest BCUT2D eigenvalue weighted by molar-refractivity contribution is -0.117. The van der Waals surface area contributed by atoms with E-state index in [1.165, 1.54) is 29.2 Å². The van der Waals surface area contributed by atoms with E-state index in [1.54, 1.807) is 18.6 Å². The second kappa shape index (κ2) is 7.49. The van der Waals surface area contributed by atoms with Gasteiger partial charge in [-0.2, -0.15) is 11.3 Å². The second-order valence-electron chi connectivity index (χ2n) is 4.70. The summed E-state index contributed by atoms with van der Waals surface area (Å²) < 4.78 is 5.19. The van der Waals surface area contributed by atoms with Gasteiger partial charge < -0.3 is 14.8 Å². The normalized spacial score (nSPS) is 14.2. The Bertz CT molecular complexity index is 574. The summed E-state index contributed by atoms with van der Waals surface area (Å²) >= 11 is 2.99. The van der Waals surface area contributed by atoms with Crippen LogP contribution in [-0.4, -0.2) is 17.6 Å². The van der Waals surface area contributed by atoms with Gasteiger partial charge >= 0.3 is 0 Å². The molecule has 1 unspecified atom stereocenters. The summed E-state index contributed by atoms with van der Waals surface area (Å²) in [7, 11) is 0. The molecular formula is C15H17NO3S2. The van der Waals surface area contributed by atoms with Crippen LogP contribution < -0.4 is 5.32 Å². The first-order chi connectivity index (χ1) is 10.1. The van der Waals surface area contributed by atoms with Gasteiger partial charge in [0.2, 0.25) is 5.91 Å². The number of rotatable bonds is 7. The van der Waals surface area contributed by atoms with Gasteiger partial charge in [-0.3, -0.25) is 4.79 Å². The van der Waals surface area contributed by atoms with E-state index in [0.29, 0.717) is 5.75 Å². The van der Waals surface area contributed by atoms with Gasteiger partial charge in [-0.05, 0) is 46.9 Å². The molecule has 0 spiro atoms. The van der Waals surface area contributed by atoms with Crippen LogP contribution in [0.15, 0.2) is 51.1 Å². The van der Waals surface area contributed by atoms with Crippen LogP contribution in [0.3, 0.4) is 0 Å². The largest absolute Gasteiger partial charge is 0.468 e. The van der Waals surface area contributed by atoms with Crippen molar-refractivity contribution in [3.05, 3.63) is 58.0 Å². The summed E-state index contributed by atoms with van der Waals surface area (Å²) in [6, 6.07) is 5.57. The van der Waals surface area contributed by atoms with Crippen molar-refractivity contribution in [2.75, 3.05) is 6.54 Å². The fraction of sp³-hybridized carbons (Fsp3) is 0.267. The van der Waals surface area contributed by atoms with Crippen molar-refractivity contribution in [1.29, 1.82) is 0 Å². The third kappa shape index (κ3) is 5.08. The Morgan fingerprint density at radius 2 is 2.43 bits per heavy atom. The summed E-state index contributed by atoms with van der Waals surface area (Å²) in [6.45, 7) is 1.86. The van der Waals surface area contributed by atoms with Gasteiger partial charge in [-0.25, -0.2) is 0 Å². The zero-order chi connectivity index (χ0) is 15.1. The number of nitrogens with one attached hydrogen (secondary N) is 1. The van der Waals surface area contributed by atoms with Crippen LogP contribution >= 0.6 is 23.1 Å². The first kappa shape index (κ1) is 15.9. The lowest BCUT2D eigenvalue weighted by atomic mass is 9.99. The molecule has 0 saturated heterocycles. The van der Waals surface area contributed by atoms with Crippen molar-refractivity contribution in [3.63, 3.8) is 0 Å². The van der Waals surface area contributed by atoms with E-state index < -0.39 is 5.60 Å². The summed E-state index contributed by atoms with van der Waals surface area (Å²) in [5.74, 6) is 1.33. The molecule has 2 aromatic heterocycles. The molecule has 0 aromatic carbocycles. The Morgan fingerprint density at radius 3 is 3.10 bits per heavy atom. The number of hydrogen-bond acceptors (Lipinski definition) is 5. The Morgan fingerprint density at radius 1 is 1.57 bits per heavy atom. The summed E-state index contributed by atoms with van der Waals surface area (Å²) in [4.78, 5) is 11.7. The van der Waals surface area contributed by atoms with Crippen LogP contribution in [0.4, 0.5) is 0 Å². The van der Waals surface area contributed by atoms with Crippen molar-refractivity contribution in [1.82, 2.24) is 5.32 Å². The van der Waals surface area contributed by atoms with Gasteiger partial charge in [-0.15, -0.1) is 11.8 Å². The number of carbonyl (C=O) groups is 1. The predicted octanol–water partition coefficient (Wildman–Crippen LogP) is 3.11. The highest BCUT2D eigenvalue weighted by atomic mass is 32.2. The van der Waals surface area contributed by atoms with E-state index in [2.05, 4.69) is 5.32 Å². The molecule has 21 heavy (non-hydrogen) atoms. The minimum atomic E-state index is -1.05. The minimum absolute atomic E-state index is 0.176. The topological polar surface area (TPSA) is 62.5 Å². The number of hydrogen-bond donors (Lipinski definition) is 2. The highest BCUT2D eigenvalue weighted by Gasteiger charge is 2.23. The fourth-order valence-corrected chi connectivity index (χ4v) is 3.05. The summed E-state index contributed by atoms with van der Waals surface area (Å²) in [6.07, 6.45) is 3.08. The first-order valence-corrected chi connectivity index (χ1v) is 8.40. The monoisotopic (exact) mass is 323 g/mol. The van der Waals surface area contributed by atoms with E-state index in [9.17, 15) is 9.90 Å². The molecule has 1 atom stereocenters. The van der Waals surface area contributed by atoms with Crippen LogP contribution in [0, 0.1) is 0 Å². The van der Waals surface area contributed by atoms with Crippen molar-refractivity contribution >= 4 is 29.0 Å². The molecule has 2 heterocycles. The summed E-state index contributed by atoms with van der Waals surface area (Å²) in [5.41, 5.74) is -0.242.